The zero-order chi connectivity index (χ0) is 22.0. The molecule has 1 amide bonds. The molecule has 2 heterocycles. The van der Waals surface area contributed by atoms with Crippen molar-refractivity contribution in [3.05, 3.63) is 35.5 Å². The van der Waals surface area contributed by atoms with Gasteiger partial charge < -0.3 is 25.0 Å². The largest absolute Gasteiger partial charge is 0.465 e. The highest BCUT2D eigenvalue weighted by Crippen LogP contribution is 2.37. The number of carboxylic acid groups (broad SMARTS) is 1. The van der Waals surface area contributed by atoms with Crippen LogP contribution >= 0.6 is 0 Å². The first-order valence-electron chi connectivity index (χ1n) is 11.9. The van der Waals surface area contributed by atoms with Crippen molar-refractivity contribution in [2.75, 3.05) is 13.1 Å². The van der Waals surface area contributed by atoms with Crippen molar-refractivity contribution in [2.45, 2.75) is 77.6 Å². The third kappa shape index (κ3) is 4.60. The number of piperidine rings is 1. The van der Waals surface area contributed by atoms with E-state index in [0.29, 0.717) is 6.04 Å². The van der Waals surface area contributed by atoms with Crippen LogP contribution in [-0.4, -0.2) is 44.9 Å². The summed E-state index contributed by atoms with van der Waals surface area (Å²) in [5, 5.41) is 22.8. The van der Waals surface area contributed by atoms with Crippen LogP contribution in [0.3, 0.4) is 0 Å². The minimum atomic E-state index is -1.03. The lowest BCUT2D eigenvalue weighted by atomic mass is 9.79. The Morgan fingerprint density at radius 3 is 2.35 bits per heavy atom. The number of carbonyl (C=O) groups is 1. The van der Waals surface area contributed by atoms with E-state index >= 15 is 0 Å². The van der Waals surface area contributed by atoms with Gasteiger partial charge in [0.05, 0.1) is 13.2 Å². The Kier molecular flexibility index (Phi) is 6.87. The Balaban J connectivity index is 1.51. The number of fused-ring (bicyclic) bond motifs is 1. The Bertz CT molecular complexity index is 891. The topological polar surface area (TPSA) is 77.7 Å². The van der Waals surface area contributed by atoms with E-state index < -0.39 is 6.09 Å². The van der Waals surface area contributed by atoms with Gasteiger partial charge in [0.25, 0.3) is 0 Å². The molecule has 6 nitrogen and oxygen atoms in total. The molecule has 1 aromatic carbocycles. The second-order valence-corrected chi connectivity index (χ2v) is 9.71. The number of rotatable bonds is 6. The summed E-state index contributed by atoms with van der Waals surface area (Å²) >= 11 is 0. The molecule has 6 heteroatoms. The number of nitrogens with zero attached hydrogens (tertiary/aromatic N) is 2. The minimum absolute atomic E-state index is 0.0813. The van der Waals surface area contributed by atoms with Crippen LogP contribution in [0, 0.1) is 11.8 Å². The summed E-state index contributed by atoms with van der Waals surface area (Å²) in [5.74, 6) is 1.69. The number of likely N-dealkylation sites (tertiary alicyclic amines) is 1. The summed E-state index contributed by atoms with van der Waals surface area (Å²) in [7, 11) is 0. The molecule has 1 aliphatic carbocycles. The van der Waals surface area contributed by atoms with Gasteiger partial charge in [-0.1, -0.05) is 32.0 Å². The highest BCUT2D eigenvalue weighted by atomic mass is 16.4. The van der Waals surface area contributed by atoms with Crippen LogP contribution in [0.15, 0.2) is 24.3 Å². The molecule has 1 aliphatic heterocycles. The quantitative estimate of drug-likeness (QED) is 0.621. The average molecular weight is 428 g/mol. The van der Waals surface area contributed by atoms with Crippen molar-refractivity contribution in [1.29, 1.82) is 0 Å². The first-order chi connectivity index (χ1) is 15.0. The lowest BCUT2D eigenvalue weighted by Gasteiger charge is -2.42. The first-order valence-corrected chi connectivity index (χ1v) is 11.9. The third-order valence-electron chi connectivity index (χ3n) is 7.76. The molecule has 170 valence electrons. The van der Waals surface area contributed by atoms with Crippen molar-refractivity contribution in [3.63, 3.8) is 0 Å². The van der Waals surface area contributed by atoms with Gasteiger partial charge in [0, 0.05) is 47.3 Å². The van der Waals surface area contributed by atoms with Gasteiger partial charge in [-0.25, -0.2) is 4.79 Å². The molecular formula is C25H37N3O3. The molecule has 0 spiro atoms. The zero-order valence-corrected chi connectivity index (χ0v) is 18.9. The number of para-hydroxylation sites is 1. The number of hydrogen-bond acceptors (Lipinski definition) is 3. The standard InChI is InChI=1S/C25H37N3O3/c1-17(2)18-7-9-19(10-8-18)27-13-11-20(12-14-27)28-23-6-4-3-5-21(23)22(16-29)24(28)15-26-25(30)31/h3-6,17-20,26,29H,7-16H2,1-2H3,(H,30,31)/t18-,19+. The van der Waals surface area contributed by atoms with Crippen LogP contribution in [0.5, 0.6) is 0 Å². The predicted octanol–water partition coefficient (Wildman–Crippen LogP) is 4.75. The van der Waals surface area contributed by atoms with Crippen LogP contribution in [0.1, 0.15) is 69.7 Å². The van der Waals surface area contributed by atoms with Crippen molar-refractivity contribution in [2.24, 2.45) is 11.8 Å². The monoisotopic (exact) mass is 427 g/mol. The molecular weight excluding hydrogens is 390 g/mol. The smallest absolute Gasteiger partial charge is 0.404 e. The molecule has 2 aromatic rings. The van der Waals surface area contributed by atoms with Crippen molar-refractivity contribution in [3.8, 4) is 0 Å². The van der Waals surface area contributed by atoms with Crippen LogP contribution in [0.25, 0.3) is 10.9 Å². The summed E-state index contributed by atoms with van der Waals surface area (Å²) in [5.41, 5.74) is 2.85. The number of aliphatic hydroxyl groups is 1. The van der Waals surface area contributed by atoms with E-state index in [1.807, 2.05) is 18.2 Å². The maximum Gasteiger partial charge on any atom is 0.404 e. The lowest BCUT2D eigenvalue weighted by molar-refractivity contribution is 0.0888. The number of nitrogens with one attached hydrogen (secondary N) is 1. The zero-order valence-electron chi connectivity index (χ0n) is 18.9. The van der Waals surface area contributed by atoms with Gasteiger partial charge in [0.15, 0.2) is 0 Å². The maximum atomic E-state index is 11.2. The molecule has 2 fully saturated rings. The van der Waals surface area contributed by atoms with Crippen LogP contribution in [0.2, 0.25) is 0 Å². The van der Waals surface area contributed by atoms with E-state index in [0.717, 1.165) is 66.0 Å². The molecule has 1 aromatic heterocycles. The van der Waals surface area contributed by atoms with E-state index in [2.05, 4.69) is 34.7 Å². The van der Waals surface area contributed by atoms with E-state index in [1.54, 1.807) is 0 Å². The number of amides is 1. The van der Waals surface area contributed by atoms with Gasteiger partial charge in [0.2, 0.25) is 0 Å². The maximum absolute atomic E-state index is 11.2. The summed E-state index contributed by atoms with van der Waals surface area (Å²) < 4.78 is 2.31. The van der Waals surface area contributed by atoms with E-state index in [4.69, 9.17) is 5.11 Å². The van der Waals surface area contributed by atoms with Gasteiger partial charge >= 0.3 is 6.09 Å². The molecule has 0 radical (unpaired) electrons. The van der Waals surface area contributed by atoms with Gasteiger partial charge in [-0.3, -0.25) is 0 Å². The highest BCUT2D eigenvalue weighted by Gasteiger charge is 2.31. The van der Waals surface area contributed by atoms with Gasteiger partial charge in [-0.15, -0.1) is 0 Å². The second kappa shape index (κ2) is 9.61. The predicted molar refractivity (Wildman–Crippen MR) is 123 cm³/mol. The fourth-order valence-electron chi connectivity index (χ4n) is 5.97. The van der Waals surface area contributed by atoms with E-state index in [-0.39, 0.29) is 13.2 Å². The summed E-state index contributed by atoms with van der Waals surface area (Å²) in [6.45, 7) is 7.04. The Morgan fingerprint density at radius 1 is 1.06 bits per heavy atom. The van der Waals surface area contributed by atoms with Crippen molar-refractivity contribution >= 4 is 17.0 Å². The Hall–Kier alpha value is -2.05. The number of aliphatic hydroxyl groups excluding tert-OH is 1. The van der Waals surface area contributed by atoms with Crippen LogP contribution in [-0.2, 0) is 13.2 Å². The fraction of sp³-hybridized carbons (Fsp3) is 0.640. The van der Waals surface area contributed by atoms with Crippen molar-refractivity contribution in [1.82, 2.24) is 14.8 Å². The van der Waals surface area contributed by atoms with Crippen LogP contribution < -0.4 is 5.32 Å². The average Bonchev–Trinajstić information content (AvgIpc) is 3.11. The third-order valence-corrected chi connectivity index (χ3v) is 7.76. The highest BCUT2D eigenvalue weighted by molar-refractivity contribution is 5.85. The SMILES string of the molecule is CC(C)[C@H]1CC[C@@H](N2CCC(n3c(CNC(=O)O)c(CO)c4ccccc43)CC2)CC1. The first kappa shape index (κ1) is 22.2. The molecule has 0 bridgehead atoms. The summed E-state index contributed by atoms with van der Waals surface area (Å²) in [6, 6.07) is 9.19. The summed E-state index contributed by atoms with van der Waals surface area (Å²) in [6.07, 6.45) is 6.45. The van der Waals surface area contributed by atoms with E-state index in [9.17, 15) is 9.90 Å². The van der Waals surface area contributed by atoms with Gasteiger partial charge in [0.1, 0.15) is 0 Å². The van der Waals surface area contributed by atoms with Gasteiger partial charge in [-0.05, 0) is 56.4 Å². The van der Waals surface area contributed by atoms with Crippen molar-refractivity contribution < 1.29 is 15.0 Å². The molecule has 1 saturated heterocycles. The molecule has 31 heavy (non-hydrogen) atoms. The number of aromatic nitrogens is 1. The lowest BCUT2D eigenvalue weighted by Crippen LogP contribution is -2.44. The number of hydrogen-bond donors (Lipinski definition) is 3. The fourth-order valence-corrected chi connectivity index (χ4v) is 5.97. The van der Waals surface area contributed by atoms with Crippen LogP contribution in [0.4, 0.5) is 4.79 Å². The molecule has 1 saturated carbocycles. The molecule has 3 N–H and O–H groups in total. The van der Waals surface area contributed by atoms with Gasteiger partial charge in [-0.2, -0.15) is 0 Å². The number of benzene rings is 1. The summed E-state index contributed by atoms with van der Waals surface area (Å²) in [4.78, 5) is 13.9. The molecule has 0 atom stereocenters. The Labute approximate surface area is 185 Å². The molecule has 2 aliphatic rings. The Morgan fingerprint density at radius 2 is 1.74 bits per heavy atom. The molecule has 0 unspecified atom stereocenters. The van der Waals surface area contributed by atoms with E-state index in [1.165, 1.54) is 25.7 Å². The molecule has 4 rings (SSSR count). The minimum Gasteiger partial charge on any atom is -0.465 e. The second-order valence-electron chi connectivity index (χ2n) is 9.71. The normalized spacial score (nSPS) is 23.5.